The predicted octanol–water partition coefficient (Wildman–Crippen LogP) is 3.92. The van der Waals surface area contributed by atoms with Crippen molar-refractivity contribution in [2.24, 2.45) is 0 Å². The summed E-state index contributed by atoms with van der Waals surface area (Å²) in [6.07, 6.45) is 0. The Morgan fingerprint density at radius 1 is 1.16 bits per heavy atom. The van der Waals surface area contributed by atoms with Gasteiger partial charge in [-0.05, 0) is 65.7 Å². The predicted molar refractivity (Wildman–Crippen MR) is 102 cm³/mol. The Morgan fingerprint density at radius 3 is 2.44 bits per heavy atom. The molecule has 2 rings (SSSR count). The summed E-state index contributed by atoms with van der Waals surface area (Å²) in [6, 6.07) is 9.68. The summed E-state index contributed by atoms with van der Waals surface area (Å²) in [7, 11) is -3.81. The maximum absolute atomic E-state index is 12.7. The minimum atomic E-state index is -3.81. The fraction of sp³-hybridized carbons (Fsp3) is 0.235. The zero-order valence-corrected chi connectivity index (χ0v) is 16.5. The van der Waals surface area contributed by atoms with Crippen molar-refractivity contribution in [1.29, 1.82) is 0 Å². The summed E-state index contributed by atoms with van der Waals surface area (Å²) in [5.41, 5.74) is 1.40. The maximum Gasteiger partial charge on any atom is 0.262 e. The molecular weight excluding hydrogens is 408 g/mol. The molecule has 0 saturated carbocycles. The van der Waals surface area contributed by atoms with Crippen LogP contribution in [0, 0.1) is 6.92 Å². The minimum Gasteiger partial charge on any atom is -0.493 e. The van der Waals surface area contributed by atoms with Crippen LogP contribution < -0.4 is 14.8 Å². The Hall–Kier alpha value is -2.06. The Labute approximate surface area is 155 Å². The second-order valence-corrected chi connectivity index (χ2v) is 7.85. The van der Waals surface area contributed by atoms with E-state index in [1.165, 1.54) is 13.0 Å². The molecule has 2 aromatic rings. The first-order valence-electron chi connectivity index (χ1n) is 7.56. The third kappa shape index (κ3) is 4.96. The van der Waals surface area contributed by atoms with E-state index in [0.717, 1.165) is 0 Å². The van der Waals surface area contributed by atoms with E-state index in [1.54, 1.807) is 37.3 Å². The van der Waals surface area contributed by atoms with Crippen LogP contribution in [-0.4, -0.2) is 20.9 Å². The molecular formula is C17H19BrN2O4S. The number of sulfonamides is 1. The van der Waals surface area contributed by atoms with Crippen LogP contribution in [-0.2, 0) is 14.8 Å². The lowest BCUT2D eigenvalue weighted by molar-refractivity contribution is -0.114. The van der Waals surface area contributed by atoms with Gasteiger partial charge in [0.05, 0.1) is 21.7 Å². The summed E-state index contributed by atoms with van der Waals surface area (Å²) >= 11 is 3.36. The van der Waals surface area contributed by atoms with Crippen molar-refractivity contribution >= 4 is 43.2 Å². The molecule has 0 aromatic heterocycles. The molecule has 0 radical (unpaired) electrons. The van der Waals surface area contributed by atoms with Crippen LogP contribution in [0.25, 0.3) is 0 Å². The van der Waals surface area contributed by atoms with E-state index in [2.05, 4.69) is 26.0 Å². The van der Waals surface area contributed by atoms with Crippen LogP contribution in [0.5, 0.6) is 5.75 Å². The van der Waals surface area contributed by atoms with Gasteiger partial charge in [-0.3, -0.25) is 9.52 Å². The number of aryl methyl sites for hydroxylation is 1. The van der Waals surface area contributed by atoms with Gasteiger partial charge in [-0.2, -0.15) is 0 Å². The van der Waals surface area contributed by atoms with Crippen molar-refractivity contribution in [1.82, 2.24) is 0 Å². The van der Waals surface area contributed by atoms with Gasteiger partial charge < -0.3 is 10.1 Å². The second kappa shape index (κ2) is 7.88. The number of carbonyl (C=O) groups excluding carboxylic acids is 1. The van der Waals surface area contributed by atoms with E-state index < -0.39 is 10.0 Å². The molecule has 2 N–H and O–H groups in total. The van der Waals surface area contributed by atoms with Crippen molar-refractivity contribution in [3.63, 3.8) is 0 Å². The van der Waals surface area contributed by atoms with Crippen LogP contribution in [0.3, 0.4) is 0 Å². The van der Waals surface area contributed by atoms with Gasteiger partial charge >= 0.3 is 0 Å². The number of carbonyl (C=O) groups is 1. The molecule has 6 nitrogen and oxygen atoms in total. The van der Waals surface area contributed by atoms with Gasteiger partial charge in [0.1, 0.15) is 5.75 Å². The largest absolute Gasteiger partial charge is 0.493 e. The number of ether oxygens (including phenoxy) is 1. The molecule has 0 unspecified atom stereocenters. The number of hydrogen-bond acceptors (Lipinski definition) is 4. The molecule has 0 bridgehead atoms. The number of amides is 1. The van der Waals surface area contributed by atoms with Gasteiger partial charge in [0.2, 0.25) is 5.91 Å². The highest BCUT2D eigenvalue weighted by Gasteiger charge is 2.18. The van der Waals surface area contributed by atoms with Crippen LogP contribution in [0.1, 0.15) is 19.4 Å². The molecule has 0 aliphatic heterocycles. The van der Waals surface area contributed by atoms with Gasteiger partial charge in [0.25, 0.3) is 10.0 Å². The zero-order chi connectivity index (χ0) is 18.6. The number of nitrogens with one attached hydrogen (secondary N) is 2. The SMILES string of the molecule is CCOc1ccc(NS(=O)(=O)c2cc(NC(C)=O)ccc2C)cc1Br. The summed E-state index contributed by atoms with van der Waals surface area (Å²) < 4.78 is 34.0. The number of benzene rings is 2. The quantitative estimate of drug-likeness (QED) is 0.732. The van der Waals surface area contributed by atoms with E-state index in [0.29, 0.717) is 33.8 Å². The van der Waals surface area contributed by atoms with Crippen LogP contribution in [0.4, 0.5) is 11.4 Å². The zero-order valence-electron chi connectivity index (χ0n) is 14.1. The topological polar surface area (TPSA) is 84.5 Å². The van der Waals surface area contributed by atoms with Crippen molar-refractivity contribution in [2.75, 3.05) is 16.6 Å². The molecule has 0 heterocycles. The first-order chi connectivity index (χ1) is 11.7. The number of rotatable bonds is 6. The van der Waals surface area contributed by atoms with E-state index in [-0.39, 0.29) is 10.8 Å². The standard InChI is InChI=1S/C17H19BrN2O4S/c1-4-24-16-8-7-14(9-15(16)18)20-25(22,23)17-10-13(19-12(3)21)6-5-11(17)2/h5-10,20H,4H2,1-3H3,(H,19,21). The van der Waals surface area contributed by atoms with E-state index in [1.807, 2.05) is 6.92 Å². The summed E-state index contributed by atoms with van der Waals surface area (Å²) in [6.45, 7) is 5.44. The number of anilines is 2. The van der Waals surface area contributed by atoms with E-state index in [4.69, 9.17) is 4.74 Å². The lowest BCUT2D eigenvalue weighted by Crippen LogP contribution is -2.15. The van der Waals surface area contributed by atoms with Crippen LogP contribution >= 0.6 is 15.9 Å². The fourth-order valence-corrected chi connectivity index (χ4v) is 4.03. The molecule has 134 valence electrons. The molecule has 0 atom stereocenters. The molecule has 0 aliphatic rings. The first kappa shape index (κ1) is 19.3. The second-order valence-electron chi connectivity index (χ2n) is 5.35. The van der Waals surface area contributed by atoms with Crippen molar-refractivity contribution < 1.29 is 17.9 Å². The minimum absolute atomic E-state index is 0.101. The maximum atomic E-state index is 12.7. The number of halogens is 1. The molecule has 1 amide bonds. The van der Waals surface area contributed by atoms with Gasteiger partial charge in [-0.25, -0.2) is 8.42 Å². The Morgan fingerprint density at radius 2 is 1.84 bits per heavy atom. The Bertz CT molecular complexity index is 898. The average Bonchev–Trinajstić information content (AvgIpc) is 2.51. The Balaban J connectivity index is 2.33. The lowest BCUT2D eigenvalue weighted by atomic mass is 10.2. The van der Waals surface area contributed by atoms with E-state index >= 15 is 0 Å². The third-order valence-electron chi connectivity index (χ3n) is 3.28. The molecule has 0 fully saturated rings. The highest BCUT2D eigenvalue weighted by molar-refractivity contribution is 9.10. The first-order valence-corrected chi connectivity index (χ1v) is 9.84. The highest BCUT2D eigenvalue weighted by Crippen LogP contribution is 2.30. The smallest absolute Gasteiger partial charge is 0.262 e. The average molecular weight is 427 g/mol. The fourth-order valence-electron chi connectivity index (χ4n) is 2.22. The van der Waals surface area contributed by atoms with Gasteiger partial charge in [0, 0.05) is 12.6 Å². The Kier molecular flexibility index (Phi) is 6.07. The number of hydrogen-bond donors (Lipinski definition) is 2. The molecule has 0 spiro atoms. The lowest BCUT2D eigenvalue weighted by Gasteiger charge is -2.13. The molecule has 0 aliphatic carbocycles. The molecule has 2 aromatic carbocycles. The van der Waals surface area contributed by atoms with Gasteiger partial charge in [-0.1, -0.05) is 6.07 Å². The molecule has 8 heteroatoms. The summed E-state index contributed by atoms with van der Waals surface area (Å²) in [5.74, 6) is 0.366. The van der Waals surface area contributed by atoms with Crippen molar-refractivity contribution in [3.8, 4) is 5.75 Å². The normalized spacial score (nSPS) is 11.0. The van der Waals surface area contributed by atoms with Crippen LogP contribution in [0.2, 0.25) is 0 Å². The summed E-state index contributed by atoms with van der Waals surface area (Å²) in [5, 5.41) is 2.58. The molecule has 0 saturated heterocycles. The van der Waals surface area contributed by atoms with Crippen molar-refractivity contribution in [2.45, 2.75) is 25.7 Å². The summed E-state index contributed by atoms with van der Waals surface area (Å²) in [4.78, 5) is 11.3. The van der Waals surface area contributed by atoms with Gasteiger partial charge in [0.15, 0.2) is 0 Å². The van der Waals surface area contributed by atoms with Crippen LogP contribution in [0.15, 0.2) is 45.8 Å². The van der Waals surface area contributed by atoms with Crippen molar-refractivity contribution in [3.05, 3.63) is 46.4 Å². The third-order valence-corrected chi connectivity index (χ3v) is 5.42. The van der Waals surface area contributed by atoms with Gasteiger partial charge in [-0.15, -0.1) is 0 Å². The molecule has 25 heavy (non-hydrogen) atoms. The highest BCUT2D eigenvalue weighted by atomic mass is 79.9. The van der Waals surface area contributed by atoms with E-state index in [9.17, 15) is 13.2 Å². The monoisotopic (exact) mass is 426 g/mol.